The molecule has 0 amide bonds. The molecule has 2 aliphatic heterocycles. The van der Waals surface area contributed by atoms with Crippen molar-refractivity contribution >= 4 is 11.9 Å². The number of esters is 2. The van der Waals surface area contributed by atoms with Gasteiger partial charge in [-0.15, -0.1) is 0 Å². The zero-order chi connectivity index (χ0) is 15.7. The molecule has 6 nitrogen and oxygen atoms in total. The van der Waals surface area contributed by atoms with E-state index >= 15 is 0 Å². The summed E-state index contributed by atoms with van der Waals surface area (Å²) in [5, 5.41) is 1.98. The first-order valence-corrected chi connectivity index (χ1v) is 8.23. The third-order valence-corrected chi connectivity index (χ3v) is 5.64. The summed E-state index contributed by atoms with van der Waals surface area (Å²) in [5.41, 5.74) is -0.103. The number of hydrogen-bond donors (Lipinski definition) is 0. The predicted octanol–water partition coefficient (Wildman–Crippen LogP) is 1.82. The van der Waals surface area contributed by atoms with Gasteiger partial charge in [-0.1, -0.05) is 12.8 Å². The Labute approximate surface area is 131 Å². The van der Waals surface area contributed by atoms with E-state index in [4.69, 9.17) is 14.3 Å². The average molecular weight is 311 g/mol. The number of hydroxylamine groups is 2. The van der Waals surface area contributed by atoms with Gasteiger partial charge in [0.1, 0.15) is 0 Å². The Morgan fingerprint density at radius 1 is 1.14 bits per heavy atom. The number of nitrogens with zero attached hydrogens (tertiary/aromatic N) is 1. The number of carbonyl (C=O) groups excluding carboxylic acids is 2. The molecule has 0 aromatic heterocycles. The lowest BCUT2D eigenvalue weighted by Crippen LogP contribution is -2.56. The number of methoxy groups -OCH3 is 2. The van der Waals surface area contributed by atoms with Crippen LogP contribution < -0.4 is 0 Å². The first-order chi connectivity index (χ1) is 10.6. The van der Waals surface area contributed by atoms with Gasteiger partial charge in [0, 0.05) is 12.0 Å². The van der Waals surface area contributed by atoms with Gasteiger partial charge in [-0.05, 0) is 32.1 Å². The van der Waals surface area contributed by atoms with Crippen LogP contribution in [0.25, 0.3) is 0 Å². The van der Waals surface area contributed by atoms with E-state index in [0.29, 0.717) is 6.42 Å². The van der Waals surface area contributed by atoms with Crippen LogP contribution in [0.3, 0.4) is 0 Å². The average Bonchev–Trinajstić information content (AvgIpc) is 2.90. The highest BCUT2D eigenvalue weighted by Crippen LogP contribution is 2.53. The highest BCUT2D eigenvalue weighted by atomic mass is 16.7. The molecule has 3 rings (SSSR count). The van der Waals surface area contributed by atoms with Crippen LogP contribution in [0, 0.1) is 5.92 Å². The molecule has 3 aliphatic rings. The molecule has 1 aliphatic carbocycles. The van der Waals surface area contributed by atoms with Crippen molar-refractivity contribution in [3.63, 3.8) is 0 Å². The van der Waals surface area contributed by atoms with Gasteiger partial charge in [0.15, 0.2) is 6.10 Å². The van der Waals surface area contributed by atoms with Crippen LogP contribution >= 0.6 is 0 Å². The third-order valence-electron chi connectivity index (χ3n) is 5.64. The van der Waals surface area contributed by atoms with Crippen molar-refractivity contribution in [2.45, 2.75) is 69.1 Å². The Morgan fingerprint density at radius 2 is 1.91 bits per heavy atom. The monoisotopic (exact) mass is 311 g/mol. The molecule has 3 fully saturated rings. The quantitative estimate of drug-likeness (QED) is 0.741. The fraction of sp³-hybridized carbons (Fsp3) is 0.875. The second-order valence-electron chi connectivity index (χ2n) is 6.66. The smallest absolute Gasteiger partial charge is 0.337 e. The van der Waals surface area contributed by atoms with Crippen LogP contribution in [0.5, 0.6) is 0 Å². The van der Waals surface area contributed by atoms with E-state index in [1.165, 1.54) is 14.2 Å². The maximum absolute atomic E-state index is 12.1. The van der Waals surface area contributed by atoms with E-state index in [-0.39, 0.29) is 29.4 Å². The summed E-state index contributed by atoms with van der Waals surface area (Å²) in [5.74, 6) is -0.342. The summed E-state index contributed by atoms with van der Waals surface area (Å²) < 4.78 is 9.76. The van der Waals surface area contributed by atoms with Crippen molar-refractivity contribution < 1.29 is 23.9 Å². The molecule has 1 spiro atoms. The summed E-state index contributed by atoms with van der Waals surface area (Å²) in [6.45, 7) is 0. The molecular weight excluding hydrogens is 286 g/mol. The van der Waals surface area contributed by atoms with Crippen LogP contribution in [0.15, 0.2) is 0 Å². The summed E-state index contributed by atoms with van der Waals surface area (Å²) >= 11 is 0. The minimum Gasteiger partial charge on any atom is -0.469 e. The summed E-state index contributed by atoms with van der Waals surface area (Å²) in [4.78, 5) is 29.9. The van der Waals surface area contributed by atoms with Crippen molar-refractivity contribution in [1.29, 1.82) is 0 Å². The minimum absolute atomic E-state index is 0.00328. The van der Waals surface area contributed by atoms with Crippen LogP contribution in [-0.4, -0.2) is 48.9 Å². The molecule has 0 aromatic rings. The van der Waals surface area contributed by atoms with E-state index < -0.39 is 6.10 Å². The topological polar surface area (TPSA) is 65.1 Å². The van der Waals surface area contributed by atoms with E-state index in [1.54, 1.807) is 0 Å². The minimum atomic E-state index is -0.524. The van der Waals surface area contributed by atoms with Crippen molar-refractivity contribution in [3.05, 3.63) is 0 Å². The van der Waals surface area contributed by atoms with Crippen LogP contribution in [0.4, 0.5) is 0 Å². The van der Waals surface area contributed by atoms with E-state index in [0.717, 1.165) is 44.9 Å². The lowest BCUT2D eigenvalue weighted by atomic mass is 9.66. The van der Waals surface area contributed by atoms with Gasteiger partial charge in [-0.3, -0.25) is 9.63 Å². The first-order valence-electron chi connectivity index (χ1n) is 8.23. The van der Waals surface area contributed by atoms with Crippen molar-refractivity contribution in [1.82, 2.24) is 5.06 Å². The van der Waals surface area contributed by atoms with Gasteiger partial charge >= 0.3 is 11.9 Å². The summed E-state index contributed by atoms with van der Waals surface area (Å²) in [6, 6.07) is -0.00328. The fourth-order valence-corrected chi connectivity index (χ4v) is 4.67. The molecule has 1 saturated carbocycles. The maximum Gasteiger partial charge on any atom is 0.337 e. The summed E-state index contributed by atoms with van der Waals surface area (Å²) in [7, 11) is 2.82. The largest absolute Gasteiger partial charge is 0.469 e. The maximum atomic E-state index is 12.1. The standard InChI is InChI=1S/C16H25NO5/c1-20-13(18)10-11-6-5-9-16-8-4-3-7-12(16)14(15(19)21-2)22-17(11)16/h11-12,14H,3-10H2,1-2H3/t11-,12+,14-,16-/m0/s1. The zero-order valence-electron chi connectivity index (χ0n) is 13.4. The second-order valence-corrected chi connectivity index (χ2v) is 6.66. The molecule has 0 bridgehead atoms. The number of piperidine rings is 1. The third kappa shape index (κ3) is 2.42. The molecule has 0 radical (unpaired) electrons. The Morgan fingerprint density at radius 3 is 2.64 bits per heavy atom. The normalized spacial score (nSPS) is 38.0. The van der Waals surface area contributed by atoms with Crippen LogP contribution in [0.2, 0.25) is 0 Å². The van der Waals surface area contributed by atoms with Crippen molar-refractivity contribution in [2.75, 3.05) is 14.2 Å². The SMILES string of the molecule is COC(=O)C[C@@H]1CCC[C@@]23CCCC[C@@H]2[C@@H](C(=O)OC)ON13. The predicted molar refractivity (Wildman–Crippen MR) is 77.7 cm³/mol. The molecule has 2 saturated heterocycles. The summed E-state index contributed by atoms with van der Waals surface area (Å²) in [6.07, 6.45) is 7.08. The Bertz CT molecular complexity index is 450. The lowest BCUT2D eigenvalue weighted by molar-refractivity contribution is -0.235. The Hall–Kier alpha value is -1.14. The van der Waals surface area contributed by atoms with Gasteiger partial charge in [0.05, 0.1) is 26.2 Å². The van der Waals surface area contributed by atoms with Gasteiger partial charge in [-0.25, -0.2) is 4.79 Å². The highest BCUT2D eigenvalue weighted by Gasteiger charge is 2.61. The molecule has 0 N–H and O–H groups in total. The second kappa shape index (κ2) is 6.16. The number of carbonyl (C=O) groups is 2. The highest BCUT2D eigenvalue weighted by molar-refractivity contribution is 5.75. The van der Waals surface area contributed by atoms with Gasteiger partial charge < -0.3 is 9.47 Å². The van der Waals surface area contributed by atoms with Crippen LogP contribution in [-0.2, 0) is 23.9 Å². The molecule has 0 unspecified atom stereocenters. The molecular formula is C16H25NO5. The van der Waals surface area contributed by atoms with Crippen molar-refractivity contribution in [3.8, 4) is 0 Å². The van der Waals surface area contributed by atoms with Gasteiger partial charge in [0.25, 0.3) is 0 Å². The Balaban J connectivity index is 1.87. The van der Waals surface area contributed by atoms with Crippen LogP contribution in [0.1, 0.15) is 51.4 Å². The number of rotatable bonds is 3. The van der Waals surface area contributed by atoms with E-state index in [2.05, 4.69) is 0 Å². The zero-order valence-corrected chi connectivity index (χ0v) is 13.4. The first kappa shape index (κ1) is 15.7. The molecule has 0 aromatic carbocycles. The lowest BCUT2D eigenvalue weighted by Gasteiger charge is -2.49. The fourth-order valence-electron chi connectivity index (χ4n) is 4.67. The van der Waals surface area contributed by atoms with E-state index in [1.807, 2.05) is 5.06 Å². The molecule has 2 heterocycles. The molecule has 4 atom stereocenters. The molecule has 124 valence electrons. The van der Waals surface area contributed by atoms with E-state index in [9.17, 15) is 9.59 Å². The number of hydrogen-bond acceptors (Lipinski definition) is 6. The van der Waals surface area contributed by atoms with Gasteiger partial charge in [-0.2, -0.15) is 5.06 Å². The van der Waals surface area contributed by atoms with Crippen molar-refractivity contribution in [2.24, 2.45) is 5.92 Å². The van der Waals surface area contributed by atoms with Gasteiger partial charge in [0.2, 0.25) is 0 Å². The molecule has 22 heavy (non-hydrogen) atoms. The number of ether oxygens (including phenoxy) is 2. The Kier molecular flexibility index (Phi) is 4.41. The molecule has 6 heteroatoms.